The van der Waals surface area contributed by atoms with Gasteiger partial charge in [-0.1, -0.05) is 72.3 Å². The largest absolute Gasteiger partial charge is 0.319 e. The third-order valence-electron chi connectivity index (χ3n) is 5.34. The number of hydrogen-bond acceptors (Lipinski definition) is 3. The zero-order valence-corrected chi connectivity index (χ0v) is 20.1. The molecule has 0 aliphatic heterocycles. The maximum absolute atomic E-state index is 14.9. The summed E-state index contributed by atoms with van der Waals surface area (Å²) in [6, 6.07) is 28.0. The molecule has 8 heteroatoms. The maximum atomic E-state index is 14.9. The van der Waals surface area contributed by atoms with Crippen molar-refractivity contribution in [2.24, 2.45) is 0 Å². The standard InChI is InChI=1S/C27H22ClFN2O3S/c28-23-13-11-22(12-14-23)27(32)30-26-16-15-24(17-25(26)29)35(33,34)31(18-20-7-3-1-4-8-20)19-21-9-5-2-6-10-21/h1-17H,18-19H2,(H,30,32). The Morgan fingerprint density at radius 2 is 1.34 bits per heavy atom. The number of halogens is 2. The van der Waals surface area contributed by atoms with Crippen LogP contribution in [-0.2, 0) is 23.1 Å². The van der Waals surface area contributed by atoms with E-state index in [4.69, 9.17) is 11.6 Å². The Kier molecular flexibility index (Phi) is 7.60. The van der Waals surface area contributed by atoms with Crippen LogP contribution < -0.4 is 5.32 Å². The molecule has 5 nitrogen and oxygen atoms in total. The fraction of sp³-hybridized carbons (Fsp3) is 0.0741. The average molecular weight is 509 g/mol. The second-order valence-electron chi connectivity index (χ2n) is 7.85. The van der Waals surface area contributed by atoms with Crippen molar-refractivity contribution in [2.45, 2.75) is 18.0 Å². The van der Waals surface area contributed by atoms with Crippen LogP contribution in [0.1, 0.15) is 21.5 Å². The molecule has 0 radical (unpaired) electrons. The van der Waals surface area contributed by atoms with Gasteiger partial charge in [0.1, 0.15) is 5.82 Å². The maximum Gasteiger partial charge on any atom is 0.255 e. The van der Waals surface area contributed by atoms with Gasteiger partial charge in [-0.2, -0.15) is 4.31 Å². The monoisotopic (exact) mass is 508 g/mol. The highest BCUT2D eigenvalue weighted by Crippen LogP contribution is 2.25. The molecule has 35 heavy (non-hydrogen) atoms. The lowest BCUT2D eigenvalue weighted by molar-refractivity contribution is 0.102. The van der Waals surface area contributed by atoms with Crippen molar-refractivity contribution in [3.05, 3.63) is 131 Å². The molecule has 4 rings (SSSR count). The number of rotatable bonds is 8. The normalized spacial score (nSPS) is 11.4. The van der Waals surface area contributed by atoms with E-state index in [1.165, 1.54) is 28.6 Å². The van der Waals surface area contributed by atoms with Crippen molar-refractivity contribution in [1.82, 2.24) is 4.31 Å². The number of benzene rings is 4. The van der Waals surface area contributed by atoms with Crippen LogP contribution >= 0.6 is 11.6 Å². The summed E-state index contributed by atoms with van der Waals surface area (Å²) in [5.74, 6) is -1.39. The van der Waals surface area contributed by atoms with E-state index in [1.54, 1.807) is 12.1 Å². The average Bonchev–Trinajstić information content (AvgIpc) is 2.86. The number of nitrogens with zero attached hydrogens (tertiary/aromatic N) is 1. The van der Waals surface area contributed by atoms with E-state index in [9.17, 15) is 17.6 Å². The number of nitrogens with one attached hydrogen (secondary N) is 1. The Labute approximate surface area is 208 Å². The Balaban J connectivity index is 1.60. The molecule has 1 amide bonds. The van der Waals surface area contributed by atoms with Gasteiger partial charge >= 0.3 is 0 Å². The van der Waals surface area contributed by atoms with E-state index in [0.29, 0.717) is 10.6 Å². The van der Waals surface area contributed by atoms with Crippen LogP contribution in [0.3, 0.4) is 0 Å². The zero-order valence-electron chi connectivity index (χ0n) is 18.6. The molecule has 0 heterocycles. The van der Waals surface area contributed by atoms with E-state index in [2.05, 4.69) is 5.32 Å². The van der Waals surface area contributed by atoms with Crippen molar-refractivity contribution in [1.29, 1.82) is 0 Å². The summed E-state index contributed by atoms with van der Waals surface area (Å²) in [6.07, 6.45) is 0. The first-order valence-corrected chi connectivity index (χ1v) is 12.6. The van der Waals surface area contributed by atoms with Gasteiger partial charge in [0.2, 0.25) is 10.0 Å². The van der Waals surface area contributed by atoms with Crippen molar-refractivity contribution in [2.75, 3.05) is 5.32 Å². The molecule has 0 aromatic heterocycles. The van der Waals surface area contributed by atoms with E-state index in [1.807, 2.05) is 60.7 Å². The first-order valence-electron chi connectivity index (χ1n) is 10.8. The van der Waals surface area contributed by atoms with Crippen molar-refractivity contribution >= 4 is 33.2 Å². The summed E-state index contributed by atoms with van der Waals surface area (Å²) in [7, 11) is -4.06. The number of carbonyl (C=O) groups is 1. The third kappa shape index (κ3) is 6.14. The van der Waals surface area contributed by atoms with Crippen LogP contribution in [0.15, 0.2) is 108 Å². The van der Waals surface area contributed by atoms with Crippen LogP contribution in [0.25, 0.3) is 0 Å². The quantitative estimate of drug-likeness (QED) is 0.311. The Morgan fingerprint density at radius 3 is 1.86 bits per heavy atom. The summed E-state index contributed by atoms with van der Waals surface area (Å²) in [5.41, 5.74) is 1.78. The molecule has 0 saturated carbocycles. The molecule has 0 aliphatic carbocycles. The smallest absolute Gasteiger partial charge is 0.255 e. The molecule has 0 spiro atoms. The lowest BCUT2D eigenvalue weighted by Gasteiger charge is -2.23. The molecule has 0 bridgehead atoms. The topological polar surface area (TPSA) is 66.5 Å². The van der Waals surface area contributed by atoms with Crippen LogP contribution in [0, 0.1) is 5.82 Å². The molecular formula is C27H22ClFN2O3S. The zero-order chi connectivity index (χ0) is 24.8. The number of hydrogen-bond donors (Lipinski definition) is 1. The van der Waals surface area contributed by atoms with Gasteiger partial charge in [0, 0.05) is 23.7 Å². The van der Waals surface area contributed by atoms with Gasteiger partial charge in [-0.05, 0) is 53.6 Å². The molecular weight excluding hydrogens is 487 g/mol. The van der Waals surface area contributed by atoms with Gasteiger partial charge in [0.25, 0.3) is 5.91 Å². The van der Waals surface area contributed by atoms with Crippen LogP contribution in [0.4, 0.5) is 10.1 Å². The molecule has 178 valence electrons. The van der Waals surface area contributed by atoms with Crippen molar-refractivity contribution in [3.63, 3.8) is 0 Å². The molecule has 0 fully saturated rings. The fourth-order valence-electron chi connectivity index (χ4n) is 3.50. The number of amides is 1. The minimum Gasteiger partial charge on any atom is -0.319 e. The molecule has 4 aromatic carbocycles. The lowest BCUT2D eigenvalue weighted by Crippen LogP contribution is -2.30. The minimum atomic E-state index is -4.06. The Hall–Kier alpha value is -3.52. The van der Waals surface area contributed by atoms with E-state index in [-0.39, 0.29) is 23.7 Å². The van der Waals surface area contributed by atoms with E-state index in [0.717, 1.165) is 17.2 Å². The highest BCUT2D eigenvalue weighted by atomic mass is 35.5. The summed E-state index contributed by atoms with van der Waals surface area (Å²) >= 11 is 5.84. The summed E-state index contributed by atoms with van der Waals surface area (Å²) in [5, 5.41) is 2.94. The SMILES string of the molecule is O=C(Nc1ccc(S(=O)(=O)N(Cc2ccccc2)Cc2ccccc2)cc1F)c1ccc(Cl)cc1. The molecule has 0 unspecified atom stereocenters. The Bertz CT molecular complexity index is 1370. The molecule has 0 aliphatic rings. The number of carbonyl (C=O) groups excluding carboxylic acids is 1. The second kappa shape index (κ2) is 10.8. The first kappa shape index (κ1) is 24.6. The minimum absolute atomic E-state index is 0.120. The van der Waals surface area contributed by atoms with Gasteiger partial charge < -0.3 is 5.32 Å². The predicted octanol–water partition coefficient (Wildman–Crippen LogP) is 6.12. The first-order chi connectivity index (χ1) is 16.8. The molecule has 0 atom stereocenters. The molecule has 4 aromatic rings. The number of sulfonamides is 1. The van der Waals surface area contributed by atoms with Gasteiger partial charge in [-0.3, -0.25) is 4.79 Å². The van der Waals surface area contributed by atoms with Gasteiger partial charge in [-0.15, -0.1) is 0 Å². The highest BCUT2D eigenvalue weighted by Gasteiger charge is 2.26. The van der Waals surface area contributed by atoms with Crippen LogP contribution in [0.2, 0.25) is 5.02 Å². The van der Waals surface area contributed by atoms with Crippen LogP contribution in [-0.4, -0.2) is 18.6 Å². The van der Waals surface area contributed by atoms with E-state index < -0.39 is 21.7 Å². The number of anilines is 1. The van der Waals surface area contributed by atoms with Gasteiger partial charge in [-0.25, -0.2) is 12.8 Å². The fourth-order valence-corrected chi connectivity index (χ4v) is 5.06. The van der Waals surface area contributed by atoms with Crippen molar-refractivity contribution < 1.29 is 17.6 Å². The predicted molar refractivity (Wildman–Crippen MR) is 135 cm³/mol. The van der Waals surface area contributed by atoms with Crippen LogP contribution in [0.5, 0.6) is 0 Å². The highest BCUT2D eigenvalue weighted by molar-refractivity contribution is 7.89. The third-order valence-corrected chi connectivity index (χ3v) is 7.38. The van der Waals surface area contributed by atoms with Gasteiger partial charge in [0.15, 0.2) is 0 Å². The van der Waals surface area contributed by atoms with E-state index >= 15 is 0 Å². The molecule has 0 saturated heterocycles. The van der Waals surface area contributed by atoms with Crippen molar-refractivity contribution in [3.8, 4) is 0 Å². The molecule has 1 N–H and O–H groups in total. The summed E-state index contributed by atoms with van der Waals surface area (Å²) < 4.78 is 43.3. The summed E-state index contributed by atoms with van der Waals surface area (Å²) in [6.45, 7) is 0.240. The Morgan fingerprint density at radius 1 is 0.800 bits per heavy atom. The van der Waals surface area contributed by atoms with Gasteiger partial charge in [0.05, 0.1) is 10.6 Å². The summed E-state index contributed by atoms with van der Waals surface area (Å²) in [4.78, 5) is 12.2. The second-order valence-corrected chi connectivity index (χ2v) is 10.2. The lowest BCUT2D eigenvalue weighted by atomic mass is 10.2.